The Bertz CT molecular complexity index is 388. The van der Waals surface area contributed by atoms with Crippen molar-refractivity contribution >= 4 is 31.0 Å². The van der Waals surface area contributed by atoms with E-state index in [1.165, 1.54) is 17.6 Å². The van der Waals surface area contributed by atoms with Crippen molar-refractivity contribution in [1.82, 2.24) is 0 Å². The predicted molar refractivity (Wildman–Crippen MR) is 88.5 cm³/mol. The molecule has 0 spiro atoms. The van der Waals surface area contributed by atoms with Crippen molar-refractivity contribution in [3.05, 3.63) is 34.0 Å². The zero-order valence-corrected chi connectivity index (χ0v) is 13.1. The number of nitrogens with zero attached hydrogens (tertiary/aromatic N) is 1. The third kappa shape index (κ3) is 4.02. The van der Waals surface area contributed by atoms with Gasteiger partial charge >= 0.3 is 0 Å². The summed E-state index contributed by atoms with van der Waals surface area (Å²) < 4.78 is 3.23. The second kappa shape index (κ2) is 7.04. The Hall–Kier alpha value is -0.510. The summed E-state index contributed by atoms with van der Waals surface area (Å²) in [5, 5.41) is 0. The second-order valence-electron chi connectivity index (χ2n) is 4.51. The van der Waals surface area contributed by atoms with Gasteiger partial charge in [0.1, 0.15) is 0 Å². The highest BCUT2D eigenvalue weighted by Crippen LogP contribution is 2.39. The molecule has 0 aliphatic carbocycles. The van der Waals surface area contributed by atoms with Crippen LogP contribution in [0, 0.1) is 5.92 Å². The predicted octanol–water partition coefficient (Wildman–Crippen LogP) is 4.67. The van der Waals surface area contributed by atoms with Crippen LogP contribution < -0.4 is 0 Å². The fourth-order valence-corrected chi connectivity index (χ4v) is 5.17. The van der Waals surface area contributed by atoms with Gasteiger partial charge in [0.05, 0.1) is 0 Å². The second-order valence-corrected chi connectivity index (χ2v) is 7.97. The van der Waals surface area contributed by atoms with Crippen LogP contribution in [-0.2, 0) is 0 Å². The van der Waals surface area contributed by atoms with Crippen molar-refractivity contribution in [3.63, 3.8) is 0 Å². The van der Waals surface area contributed by atoms with E-state index in [0.29, 0.717) is 5.92 Å². The number of hydrogen-bond acceptors (Lipinski definition) is 1. The lowest BCUT2D eigenvalue weighted by molar-refractivity contribution is 0.680. The van der Waals surface area contributed by atoms with Gasteiger partial charge in [0, 0.05) is 10.1 Å². The van der Waals surface area contributed by atoms with Crippen molar-refractivity contribution < 1.29 is 0 Å². The van der Waals surface area contributed by atoms with Crippen molar-refractivity contribution in [2.24, 2.45) is 10.9 Å². The van der Waals surface area contributed by atoms with Gasteiger partial charge in [-0.3, -0.25) is 0 Å². The largest absolute Gasteiger partial charge is 0.300 e. The molecule has 0 aromatic carbocycles. The van der Waals surface area contributed by atoms with Crippen molar-refractivity contribution in [3.8, 4) is 0 Å². The summed E-state index contributed by atoms with van der Waals surface area (Å²) >= 11 is 0.0350. The third-order valence-electron chi connectivity index (χ3n) is 2.98. The molecule has 0 unspecified atom stereocenters. The van der Waals surface area contributed by atoms with Crippen LogP contribution in [0.3, 0.4) is 0 Å². The maximum Gasteiger partial charge on any atom is 0.0445 e. The van der Waals surface area contributed by atoms with Crippen LogP contribution in [0.15, 0.2) is 39.0 Å². The summed E-state index contributed by atoms with van der Waals surface area (Å²) in [5.41, 5.74) is 2.86. The molecule has 2 heteroatoms. The highest BCUT2D eigenvalue weighted by Gasteiger charge is 2.17. The highest BCUT2D eigenvalue weighted by atomic mass is 127. The fourth-order valence-electron chi connectivity index (χ4n) is 1.96. The van der Waals surface area contributed by atoms with Crippen molar-refractivity contribution in [2.45, 2.75) is 33.1 Å². The Kier molecular flexibility index (Phi) is 6.03. The average Bonchev–Trinajstić information content (AvgIpc) is 2.30. The minimum absolute atomic E-state index is 0.0350. The van der Waals surface area contributed by atoms with Crippen molar-refractivity contribution in [2.75, 3.05) is 6.54 Å². The Morgan fingerprint density at radius 1 is 1.53 bits per heavy atom. The summed E-state index contributed by atoms with van der Waals surface area (Å²) in [6, 6.07) is 0. The standard InChI is InChI=1S/C15H22IN/c1-6-7-14(12(3)10-17-5)15-11(2)8-9-13(4)16-15/h6,12H,1-2,5,7-10H2,3-4H3/b15-14+/t12-/m0/s1. The minimum Gasteiger partial charge on any atom is -0.300 e. The topological polar surface area (TPSA) is 12.4 Å². The van der Waals surface area contributed by atoms with Crippen LogP contribution in [0.1, 0.15) is 33.1 Å². The Balaban J connectivity index is 3.15. The van der Waals surface area contributed by atoms with E-state index < -0.39 is 0 Å². The van der Waals surface area contributed by atoms with Gasteiger partial charge in [-0.2, -0.15) is 0 Å². The van der Waals surface area contributed by atoms with Gasteiger partial charge in [-0.25, -0.2) is 0 Å². The SMILES string of the molecule is C=CC/C(=C1\I=C(C)CCC1=C)[C@@H](C)CN=C. The summed E-state index contributed by atoms with van der Waals surface area (Å²) in [6.07, 6.45) is 5.35. The smallest absolute Gasteiger partial charge is 0.0445 e. The number of aliphatic imine (C=N–C) groups is 1. The number of hydrogen-bond donors (Lipinski definition) is 0. The monoisotopic (exact) mass is 343 g/mol. The lowest BCUT2D eigenvalue weighted by Crippen LogP contribution is -2.08. The number of halogens is 1. The van der Waals surface area contributed by atoms with Crippen LogP contribution >= 0.6 is 20.7 Å². The Morgan fingerprint density at radius 3 is 2.82 bits per heavy atom. The van der Waals surface area contributed by atoms with Crippen LogP contribution in [-0.4, -0.2) is 16.8 Å². The number of rotatable bonds is 5. The first-order valence-electron chi connectivity index (χ1n) is 6.02. The van der Waals surface area contributed by atoms with Gasteiger partial charge in [0.15, 0.2) is 0 Å². The molecule has 1 aliphatic rings. The summed E-state index contributed by atoms with van der Waals surface area (Å²) in [7, 11) is 0. The molecule has 0 amide bonds. The molecule has 0 aromatic rings. The van der Waals surface area contributed by atoms with E-state index in [-0.39, 0.29) is 20.7 Å². The van der Waals surface area contributed by atoms with E-state index in [0.717, 1.165) is 19.4 Å². The zero-order valence-electron chi connectivity index (χ0n) is 10.9. The van der Waals surface area contributed by atoms with Crippen LogP contribution in [0.4, 0.5) is 0 Å². The third-order valence-corrected chi connectivity index (χ3v) is 6.44. The highest BCUT2D eigenvalue weighted by molar-refractivity contribution is 14.2. The molecule has 94 valence electrons. The Morgan fingerprint density at radius 2 is 2.24 bits per heavy atom. The Labute approximate surface area is 115 Å². The maximum absolute atomic E-state index is 4.25. The van der Waals surface area contributed by atoms with Crippen LogP contribution in [0.2, 0.25) is 0 Å². The molecule has 17 heavy (non-hydrogen) atoms. The molecule has 0 N–H and O–H groups in total. The normalized spacial score (nSPS) is 21.1. The maximum atomic E-state index is 4.25. The zero-order chi connectivity index (χ0) is 12.8. The number of allylic oxidation sites excluding steroid dienone is 3. The molecule has 1 nitrogen and oxygen atoms in total. The van der Waals surface area contributed by atoms with Gasteiger partial charge in [0.25, 0.3) is 0 Å². The molecule has 0 saturated carbocycles. The molecule has 1 aliphatic heterocycles. The van der Waals surface area contributed by atoms with Gasteiger partial charge in [-0.15, -0.1) is 6.58 Å². The molecule has 1 heterocycles. The molecule has 0 aromatic heterocycles. The summed E-state index contributed by atoms with van der Waals surface area (Å²) in [6.45, 7) is 17.1. The first-order chi connectivity index (χ1) is 8.10. The molecule has 1 atom stereocenters. The quantitative estimate of drug-likeness (QED) is 0.391. The van der Waals surface area contributed by atoms with Crippen molar-refractivity contribution in [1.29, 1.82) is 0 Å². The molecule has 1 rings (SSSR count). The molecule has 0 saturated heterocycles. The summed E-state index contributed by atoms with van der Waals surface area (Å²) in [4.78, 5) is 4.03. The molecule has 0 radical (unpaired) electrons. The first kappa shape index (κ1) is 14.6. The average molecular weight is 343 g/mol. The lowest BCUT2D eigenvalue weighted by Gasteiger charge is -2.22. The van der Waals surface area contributed by atoms with E-state index in [4.69, 9.17) is 0 Å². The van der Waals surface area contributed by atoms with E-state index >= 15 is 0 Å². The lowest BCUT2D eigenvalue weighted by atomic mass is 9.94. The van der Waals surface area contributed by atoms with E-state index in [2.05, 4.69) is 38.7 Å². The van der Waals surface area contributed by atoms with E-state index in [1.54, 1.807) is 7.09 Å². The van der Waals surface area contributed by atoms with Gasteiger partial charge < -0.3 is 4.99 Å². The molecular weight excluding hydrogens is 321 g/mol. The summed E-state index contributed by atoms with van der Waals surface area (Å²) in [5.74, 6) is 0.475. The van der Waals surface area contributed by atoms with Crippen LogP contribution in [0.25, 0.3) is 0 Å². The molecular formula is C15H22IN. The van der Waals surface area contributed by atoms with Gasteiger partial charge in [0.2, 0.25) is 0 Å². The van der Waals surface area contributed by atoms with Gasteiger partial charge in [-0.05, 0) is 53.5 Å². The van der Waals surface area contributed by atoms with Crippen LogP contribution in [0.5, 0.6) is 0 Å². The van der Waals surface area contributed by atoms with E-state index in [9.17, 15) is 0 Å². The molecule has 0 bridgehead atoms. The van der Waals surface area contributed by atoms with E-state index in [1.807, 2.05) is 6.08 Å². The fraction of sp³-hybridized carbons (Fsp3) is 0.467. The molecule has 0 fully saturated rings. The van der Waals surface area contributed by atoms with Gasteiger partial charge in [-0.1, -0.05) is 40.3 Å². The first-order valence-corrected chi connectivity index (χ1v) is 8.17. The minimum atomic E-state index is 0.0350.